The van der Waals surface area contributed by atoms with E-state index in [0.29, 0.717) is 0 Å². The second-order valence-corrected chi connectivity index (χ2v) is 5.40. The van der Waals surface area contributed by atoms with Gasteiger partial charge in [0, 0.05) is 10.2 Å². The van der Waals surface area contributed by atoms with Crippen LogP contribution in [0.25, 0.3) is 0 Å². The maximum Gasteiger partial charge on any atom is 0.275 e. The summed E-state index contributed by atoms with van der Waals surface area (Å²) in [5.41, 5.74) is 2.96. The number of anilines is 1. The molecule has 1 aromatic carbocycles. The third kappa shape index (κ3) is 3.30. The van der Waals surface area contributed by atoms with Gasteiger partial charge < -0.3 is 5.32 Å². The van der Waals surface area contributed by atoms with Crippen molar-refractivity contribution in [3.8, 4) is 0 Å². The smallest absolute Gasteiger partial charge is 0.275 e. The number of benzene rings is 1. The van der Waals surface area contributed by atoms with Gasteiger partial charge in [-0.25, -0.2) is 9.97 Å². The van der Waals surface area contributed by atoms with Gasteiger partial charge in [0.1, 0.15) is 10.8 Å². The van der Waals surface area contributed by atoms with E-state index >= 15 is 0 Å². The van der Waals surface area contributed by atoms with Crippen LogP contribution in [0.1, 0.15) is 21.6 Å². The second kappa shape index (κ2) is 5.67. The maximum absolute atomic E-state index is 12.0. The first-order chi connectivity index (χ1) is 8.97. The summed E-state index contributed by atoms with van der Waals surface area (Å²) in [6.45, 7) is 3.86. The quantitative estimate of drug-likeness (QED) is 0.905. The lowest BCUT2D eigenvalue weighted by atomic mass is 10.1. The van der Waals surface area contributed by atoms with Crippen molar-refractivity contribution in [3.05, 3.63) is 51.0 Å². The highest BCUT2D eigenvalue weighted by atomic mass is 79.9. The molecule has 0 saturated carbocycles. The molecule has 1 aromatic heterocycles. The van der Waals surface area contributed by atoms with Gasteiger partial charge in [-0.05, 0) is 37.1 Å². The van der Waals surface area contributed by atoms with Crippen LogP contribution in [0.4, 0.5) is 5.69 Å². The predicted octanol–water partition coefficient (Wildman–Crippen LogP) is 3.76. The number of hydrogen-bond acceptors (Lipinski definition) is 3. The van der Waals surface area contributed by atoms with Crippen molar-refractivity contribution in [2.75, 3.05) is 5.32 Å². The first-order valence-corrected chi connectivity index (χ1v) is 6.70. The Labute approximate surface area is 124 Å². The molecule has 0 spiro atoms. The first kappa shape index (κ1) is 14.0. The molecule has 0 saturated heterocycles. The highest BCUT2D eigenvalue weighted by molar-refractivity contribution is 9.10. The van der Waals surface area contributed by atoms with E-state index in [4.69, 9.17) is 11.6 Å². The summed E-state index contributed by atoms with van der Waals surface area (Å²) in [6.07, 6.45) is 2.69. The molecule has 6 heteroatoms. The number of nitrogens with one attached hydrogen (secondary N) is 1. The molecule has 4 nitrogen and oxygen atoms in total. The van der Waals surface area contributed by atoms with E-state index in [1.54, 1.807) is 0 Å². The normalized spacial score (nSPS) is 10.3. The van der Waals surface area contributed by atoms with Crippen LogP contribution < -0.4 is 5.32 Å². The molecular weight excluding hydrogens is 330 g/mol. The van der Waals surface area contributed by atoms with Crippen molar-refractivity contribution >= 4 is 39.1 Å². The predicted molar refractivity (Wildman–Crippen MR) is 78.6 cm³/mol. The van der Waals surface area contributed by atoms with E-state index in [9.17, 15) is 4.79 Å². The third-order valence-electron chi connectivity index (χ3n) is 2.59. The molecule has 2 rings (SSSR count). The molecule has 1 N–H and O–H groups in total. The number of halogens is 2. The molecule has 19 heavy (non-hydrogen) atoms. The first-order valence-electron chi connectivity index (χ1n) is 5.53. The third-order valence-corrected chi connectivity index (χ3v) is 3.24. The van der Waals surface area contributed by atoms with Crippen molar-refractivity contribution in [3.63, 3.8) is 0 Å². The highest BCUT2D eigenvalue weighted by Gasteiger charge is 2.12. The summed E-state index contributed by atoms with van der Waals surface area (Å²) in [4.78, 5) is 19.8. The number of carbonyl (C=O) groups is 1. The van der Waals surface area contributed by atoms with E-state index in [2.05, 4.69) is 31.2 Å². The molecule has 0 fully saturated rings. The van der Waals surface area contributed by atoms with E-state index in [-0.39, 0.29) is 16.8 Å². The standard InChI is InChI=1S/C13H11BrClN3O/c1-7-3-9(14)4-8(2)12(7)18-13(19)10-5-17-11(15)6-16-10/h3-6H,1-2H3,(H,18,19). The van der Waals surface area contributed by atoms with E-state index in [0.717, 1.165) is 21.3 Å². The Morgan fingerprint density at radius 1 is 1.21 bits per heavy atom. The van der Waals surface area contributed by atoms with Gasteiger partial charge in [-0.2, -0.15) is 0 Å². The zero-order valence-electron chi connectivity index (χ0n) is 10.4. The largest absolute Gasteiger partial charge is 0.320 e. The molecule has 0 aliphatic rings. The monoisotopic (exact) mass is 339 g/mol. The number of nitrogens with zero attached hydrogens (tertiary/aromatic N) is 2. The number of hydrogen-bond donors (Lipinski definition) is 1. The molecule has 0 unspecified atom stereocenters. The fraction of sp³-hybridized carbons (Fsp3) is 0.154. The van der Waals surface area contributed by atoms with Gasteiger partial charge in [0.15, 0.2) is 0 Å². The molecule has 1 amide bonds. The van der Waals surface area contributed by atoms with Crippen LogP contribution in [-0.4, -0.2) is 15.9 Å². The molecule has 0 aliphatic heterocycles. The molecule has 0 atom stereocenters. The lowest BCUT2D eigenvalue weighted by Crippen LogP contribution is -2.15. The highest BCUT2D eigenvalue weighted by Crippen LogP contribution is 2.25. The molecular formula is C13H11BrClN3O. The summed E-state index contributed by atoms with van der Waals surface area (Å²) in [5, 5.41) is 3.09. The van der Waals surface area contributed by atoms with Crippen LogP contribution in [-0.2, 0) is 0 Å². The Kier molecular flexibility index (Phi) is 4.17. The zero-order valence-corrected chi connectivity index (χ0v) is 12.7. The molecule has 98 valence electrons. The minimum Gasteiger partial charge on any atom is -0.320 e. The second-order valence-electron chi connectivity index (χ2n) is 4.09. The summed E-state index contributed by atoms with van der Waals surface area (Å²) in [5.74, 6) is -0.308. The van der Waals surface area contributed by atoms with Gasteiger partial charge in [0.05, 0.1) is 12.4 Å². The Bertz CT molecular complexity index is 605. The maximum atomic E-state index is 12.0. The van der Waals surface area contributed by atoms with Gasteiger partial charge in [0.25, 0.3) is 5.91 Å². The number of aromatic nitrogens is 2. The van der Waals surface area contributed by atoms with Crippen molar-refractivity contribution in [2.24, 2.45) is 0 Å². The van der Waals surface area contributed by atoms with Crippen LogP contribution in [0.2, 0.25) is 5.15 Å². The zero-order chi connectivity index (χ0) is 14.0. The lowest BCUT2D eigenvalue weighted by Gasteiger charge is -2.11. The minimum absolute atomic E-state index is 0.228. The fourth-order valence-electron chi connectivity index (χ4n) is 1.71. The lowest BCUT2D eigenvalue weighted by molar-refractivity contribution is 0.102. The van der Waals surface area contributed by atoms with Gasteiger partial charge in [-0.15, -0.1) is 0 Å². The SMILES string of the molecule is Cc1cc(Br)cc(C)c1NC(=O)c1cnc(Cl)cn1. The Balaban J connectivity index is 2.26. The Morgan fingerprint density at radius 3 is 2.37 bits per heavy atom. The van der Waals surface area contributed by atoms with Gasteiger partial charge in [-0.1, -0.05) is 27.5 Å². The molecule has 0 radical (unpaired) electrons. The summed E-state index contributed by atoms with van der Waals surface area (Å²) >= 11 is 9.05. The number of carbonyl (C=O) groups excluding carboxylic acids is 1. The fourth-order valence-corrected chi connectivity index (χ4v) is 2.50. The van der Waals surface area contributed by atoms with Gasteiger partial charge in [-0.3, -0.25) is 4.79 Å². The van der Waals surface area contributed by atoms with Crippen LogP contribution in [0.15, 0.2) is 29.0 Å². The minimum atomic E-state index is -0.308. The van der Waals surface area contributed by atoms with Crippen LogP contribution in [0.3, 0.4) is 0 Å². The topological polar surface area (TPSA) is 54.9 Å². The summed E-state index contributed by atoms with van der Waals surface area (Å²) in [7, 11) is 0. The van der Waals surface area contributed by atoms with Gasteiger partial charge in [0.2, 0.25) is 0 Å². The Hall–Kier alpha value is -1.46. The summed E-state index contributed by atoms with van der Waals surface area (Å²) in [6, 6.07) is 3.88. The number of amides is 1. The number of aryl methyl sites for hydroxylation is 2. The average Bonchev–Trinajstić information content (AvgIpc) is 2.34. The van der Waals surface area contributed by atoms with Crippen LogP contribution >= 0.6 is 27.5 Å². The van der Waals surface area contributed by atoms with Crippen molar-refractivity contribution in [1.82, 2.24) is 9.97 Å². The van der Waals surface area contributed by atoms with E-state index in [1.807, 2.05) is 26.0 Å². The molecule has 1 heterocycles. The summed E-state index contributed by atoms with van der Waals surface area (Å²) < 4.78 is 0.979. The van der Waals surface area contributed by atoms with E-state index in [1.165, 1.54) is 12.4 Å². The van der Waals surface area contributed by atoms with Crippen LogP contribution in [0.5, 0.6) is 0 Å². The van der Waals surface area contributed by atoms with Crippen molar-refractivity contribution in [2.45, 2.75) is 13.8 Å². The van der Waals surface area contributed by atoms with Gasteiger partial charge >= 0.3 is 0 Å². The molecule has 0 aliphatic carbocycles. The van der Waals surface area contributed by atoms with Crippen molar-refractivity contribution in [1.29, 1.82) is 0 Å². The average molecular weight is 341 g/mol. The number of rotatable bonds is 2. The van der Waals surface area contributed by atoms with E-state index < -0.39 is 0 Å². The Morgan fingerprint density at radius 2 is 1.84 bits per heavy atom. The van der Waals surface area contributed by atoms with Crippen molar-refractivity contribution < 1.29 is 4.79 Å². The molecule has 2 aromatic rings. The van der Waals surface area contributed by atoms with Crippen LogP contribution in [0, 0.1) is 13.8 Å². The molecule has 0 bridgehead atoms.